The minimum absolute atomic E-state index is 0.150. The number of hydrogen-bond acceptors (Lipinski definition) is 7. The van der Waals surface area contributed by atoms with E-state index in [-0.39, 0.29) is 5.91 Å². The van der Waals surface area contributed by atoms with Crippen molar-refractivity contribution in [3.05, 3.63) is 95.9 Å². The number of nitrogens with one attached hydrogen (secondary N) is 2. The summed E-state index contributed by atoms with van der Waals surface area (Å²) >= 11 is -0.750. The Balaban J connectivity index is 0.000000968. The average Bonchev–Trinajstić information content (AvgIpc) is 2.82. The van der Waals surface area contributed by atoms with Crippen LogP contribution in [-0.4, -0.2) is 29.3 Å². The van der Waals surface area contributed by atoms with E-state index in [1.165, 1.54) is 0 Å². The fourth-order valence-electron chi connectivity index (χ4n) is 3.04. The normalized spacial score (nSPS) is 9.88. The summed E-state index contributed by atoms with van der Waals surface area (Å²) in [7, 11) is 0. The second kappa shape index (κ2) is 11.4. The quantitative estimate of drug-likeness (QED) is 0.452. The molecule has 2 heterocycles. The molecule has 0 unspecified atom stereocenters. The van der Waals surface area contributed by atoms with Crippen molar-refractivity contribution in [3.8, 4) is 11.3 Å². The maximum atomic E-state index is 12.6. The number of pyridine rings is 1. The lowest BCUT2D eigenvalue weighted by molar-refractivity contribution is 0.102. The number of rotatable bonds is 5. The van der Waals surface area contributed by atoms with E-state index in [0.29, 0.717) is 17.2 Å². The maximum Gasteiger partial charge on any atom is 0.335 e. The lowest BCUT2D eigenvalue weighted by Gasteiger charge is -2.12. The molecule has 0 saturated carbocycles. The molecule has 2 N–H and O–H groups in total. The van der Waals surface area contributed by atoms with Crippen LogP contribution in [0.4, 0.5) is 17.3 Å². The topological polar surface area (TPSA) is 114 Å². The molecule has 2 aromatic carbocycles. The van der Waals surface area contributed by atoms with Crippen molar-refractivity contribution in [1.29, 1.82) is 0 Å². The van der Waals surface area contributed by atoms with Crippen molar-refractivity contribution in [2.45, 2.75) is 13.8 Å². The zero-order valence-electron chi connectivity index (χ0n) is 18.0. The maximum absolute atomic E-state index is 12.6. The van der Waals surface area contributed by atoms with Crippen molar-refractivity contribution >= 4 is 34.8 Å². The Morgan fingerprint density at radius 2 is 1.76 bits per heavy atom. The second-order valence-electron chi connectivity index (χ2n) is 7.05. The van der Waals surface area contributed by atoms with Gasteiger partial charge in [0, 0.05) is 41.1 Å². The number of amides is 1. The summed E-state index contributed by atoms with van der Waals surface area (Å²) in [6, 6.07) is 18.9. The molecule has 0 fully saturated rings. The van der Waals surface area contributed by atoms with Gasteiger partial charge in [0.2, 0.25) is 5.95 Å². The van der Waals surface area contributed by atoms with E-state index in [1.807, 2.05) is 68.4 Å². The summed E-state index contributed by atoms with van der Waals surface area (Å²) in [6.07, 6.45) is 5.19. The molecular formula is C24H21N5O3S. The van der Waals surface area contributed by atoms with Crippen LogP contribution in [0.2, 0.25) is 0 Å². The highest BCUT2D eigenvalue weighted by Crippen LogP contribution is 2.24. The van der Waals surface area contributed by atoms with Gasteiger partial charge in [-0.05, 0) is 61.9 Å². The van der Waals surface area contributed by atoms with Crippen LogP contribution >= 0.6 is 0 Å². The first-order valence-electron chi connectivity index (χ1n) is 9.91. The molecule has 4 aromatic rings. The van der Waals surface area contributed by atoms with Crippen LogP contribution in [0.5, 0.6) is 0 Å². The molecule has 1 amide bonds. The minimum Gasteiger partial charge on any atom is -0.324 e. The molecule has 0 bridgehead atoms. The third-order valence-electron chi connectivity index (χ3n) is 4.64. The van der Waals surface area contributed by atoms with Crippen molar-refractivity contribution in [2.75, 3.05) is 10.6 Å². The van der Waals surface area contributed by atoms with Crippen molar-refractivity contribution < 1.29 is 13.2 Å². The second-order valence-corrected chi connectivity index (χ2v) is 7.19. The monoisotopic (exact) mass is 459 g/mol. The first-order valence-corrected chi connectivity index (χ1v) is 10.6. The van der Waals surface area contributed by atoms with Crippen LogP contribution in [0, 0.1) is 13.8 Å². The van der Waals surface area contributed by atoms with Crippen LogP contribution in [-0.2, 0) is 11.6 Å². The molecule has 166 valence electrons. The van der Waals surface area contributed by atoms with Crippen LogP contribution in [0.3, 0.4) is 0 Å². The molecule has 0 atom stereocenters. The van der Waals surface area contributed by atoms with E-state index in [0.717, 1.165) is 28.1 Å². The Morgan fingerprint density at radius 3 is 2.48 bits per heavy atom. The molecule has 2 aromatic heterocycles. The zero-order valence-corrected chi connectivity index (χ0v) is 18.8. The molecule has 0 saturated heterocycles. The van der Waals surface area contributed by atoms with Crippen LogP contribution in [0.25, 0.3) is 11.3 Å². The smallest absolute Gasteiger partial charge is 0.324 e. The Morgan fingerprint density at radius 1 is 0.939 bits per heavy atom. The molecule has 0 aliphatic heterocycles. The average molecular weight is 460 g/mol. The number of benzene rings is 2. The van der Waals surface area contributed by atoms with Gasteiger partial charge >= 0.3 is 11.6 Å². The van der Waals surface area contributed by atoms with E-state index in [9.17, 15) is 4.79 Å². The number of carbonyl (C=O) groups is 1. The first-order chi connectivity index (χ1) is 16.0. The summed E-state index contributed by atoms with van der Waals surface area (Å²) in [5.41, 5.74) is 5.88. The molecule has 8 nitrogen and oxygen atoms in total. The fraction of sp³-hybridized carbons (Fsp3) is 0.0833. The lowest BCUT2D eigenvalue weighted by atomic mass is 10.1. The number of carbonyl (C=O) groups excluding carboxylic acids is 1. The number of aryl methyl sites for hydroxylation is 2. The van der Waals surface area contributed by atoms with Gasteiger partial charge in [0.15, 0.2) is 0 Å². The van der Waals surface area contributed by atoms with E-state index < -0.39 is 11.6 Å². The number of anilines is 3. The van der Waals surface area contributed by atoms with Crippen molar-refractivity contribution in [1.82, 2.24) is 15.0 Å². The van der Waals surface area contributed by atoms with E-state index in [2.05, 4.69) is 25.6 Å². The molecule has 9 heteroatoms. The zero-order chi connectivity index (χ0) is 23.6. The first kappa shape index (κ1) is 23.4. The fourth-order valence-corrected chi connectivity index (χ4v) is 3.04. The molecule has 4 rings (SSSR count). The van der Waals surface area contributed by atoms with Gasteiger partial charge < -0.3 is 10.6 Å². The van der Waals surface area contributed by atoms with Crippen molar-refractivity contribution in [2.24, 2.45) is 0 Å². The summed E-state index contributed by atoms with van der Waals surface area (Å²) in [6.45, 7) is 3.95. The van der Waals surface area contributed by atoms with E-state index in [1.54, 1.807) is 24.7 Å². The summed E-state index contributed by atoms with van der Waals surface area (Å²) in [5.74, 6) is 0.324. The Kier molecular flexibility index (Phi) is 8.09. The Hall–Kier alpha value is -4.24. The summed E-state index contributed by atoms with van der Waals surface area (Å²) in [4.78, 5) is 25.6. The minimum atomic E-state index is -0.750. The Bertz CT molecular complexity index is 1290. The predicted molar refractivity (Wildman–Crippen MR) is 128 cm³/mol. The number of aromatic nitrogens is 3. The lowest BCUT2D eigenvalue weighted by Crippen LogP contribution is -2.12. The largest absolute Gasteiger partial charge is 0.335 e. The summed E-state index contributed by atoms with van der Waals surface area (Å²) < 4.78 is 16.6. The highest BCUT2D eigenvalue weighted by atomic mass is 32.1. The number of nitrogens with zero attached hydrogens (tertiary/aromatic N) is 3. The van der Waals surface area contributed by atoms with Gasteiger partial charge in [-0.25, -0.2) is 9.97 Å². The molecule has 0 aliphatic rings. The van der Waals surface area contributed by atoms with Crippen LogP contribution in [0.15, 0.2) is 79.3 Å². The van der Waals surface area contributed by atoms with Crippen LogP contribution in [0.1, 0.15) is 21.5 Å². The Labute approximate surface area is 194 Å². The van der Waals surface area contributed by atoms with Gasteiger partial charge in [-0.2, -0.15) is 8.42 Å². The molecule has 0 radical (unpaired) electrons. The van der Waals surface area contributed by atoms with E-state index in [4.69, 9.17) is 8.42 Å². The predicted octanol–water partition coefficient (Wildman–Crippen LogP) is 4.48. The highest BCUT2D eigenvalue weighted by molar-refractivity contribution is 7.51. The van der Waals surface area contributed by atoms with Gasteiger partial charge in [0.25, 0.3) is 5.91 Å². The summed E-state index contributed by atoms with van der Waals surface area (Å²) in [5, 5.41) is 6.20. The van der Waals surface area contributed by atoms with Gasteiger partial charge in [-0.3, -0.25) is 9.78 Å². The highest BCUT2D eigenvalue weighted by Gasteiger charge is 2.09. The van der Waals surface area contributed by atoms with Gasteiger partial charge in [0.1, 0.15) is 0 Å². The molecule has 0 spiro atoms. The van der Waals surface area contributed by atoms with Crippen molar-refractivity contribution in [3.63, 3.8) is 0 Å². The third kappa shape index (κ3) is 6.62. The molecule has 0 aliphatic carbocycles. The van der Waals surface area contributed by atoms with E-state index >= 15 is 0 Å². The molecule has 33 heavy (non-hydrogen) atoms. The molecular weight excluding hydrogens is 438 g/mol. The van der Waals surface area contributed by atoms with Gasteiger partial charge in [0.05, 0.1) is 5.69 Å². The third-order valence-corrected chi connectivity index (χ3v) is 4.64. The van der Waals surface area contributed by atoms with Gasteiger partial charge in [-0.15, -0.1) is 0 Å². The standard InChI is InChI=1S/C24H21N5O.O2S/c1-16-5-3-6-18(13-16)23(30)27-20-9-8-17(2)22(14-20)29-24-26-12-10-21(28-24)19-7-4-11-25-15-19;1-3-2/h3-15H,1-2H3,(H,27,30)(H,26,28,29);. The number of hydrogen-bond donors (Lipinski definition) is 2. The SMILES string of the molecule is Cc1cccc(C(=O)Nc2ccc(C)c(Nc3nccc(-c4cccnc4)n3)c2)c1.O=S=O. The van der Waals surface area contributed by atoms with Gasteiger partial charge in [-0.1, -0.05) is 23.8 Å². The van der Waals surface area contributed by atoms with Crippen LogP contribution < -0.4 is 10.6 Å².